The van der Waals surface area contributed by atoms with Gasteiger partial charge in [-0.15, -0.1) is 0 Å². The Labute approximate surface area is 142 Å². The summed E-state index contributed by atoms with van der Waals surface area (Å²) in [6.07, 6.45) is 7.10. The van der Waals surface area contributed by atoms with Crippen LogP contribution in [0.15, 0.2) is 36.0 Å². The average molecular weight is 332 g/mol. The summed E-state index contributed by atoms with van der Waals surface area (Å²) in [5.41, 5.74) is 1.14. The molecule has 1 fully saturated rings. The molecule has 1 amide bonds. The Kier molecular flexibility index (Phi) is 6.49. The summed E-state index contributed by atoms with van der Waals surface area (Å²) in [7, 11) is 1.79. The van der Waals surface area contributed by atoms with Crippen molar-refractivity contribution < 1.29 is 4.79 Å². The highest BCUT2D eigenvalue weighted by Crippen LogP contribution is 2.22. The molecular formula is C18H22ClN3O. The van der Waals surface area contributed by atoms with E-state index in [0.29, 0.717) is 11.6 Å². The van der Waals surface area contributed by atoms with Crippen LogP contribution in [-0.2, 0) is 11.3 Å². The van der Waals surface area contributed by atoms with Crippen molar-refractivity contribution >= 4 is 17.5 Å². The summed E-state index contributed by atoms with van der Waals surface area (Å²) in [6.45, 7) is 0.520. The van der Waals surface area contributed by atoms with E-state index in [0.717, 1.165) is 31.2 Å². The third-order valence-electron chi connectivity index (χ3n) is 4.24. The van der Waals surface area contributed by atoms with Crippen molar-refractivity contribution in [3.63, 3.8) is 0 Å². The molecule has 2 rings (SSSR count). The van der Waals surface area contributed by atoms with E-state index in [1.165, 1.54) is 12.6 Å². The minimum atomic E-state index is -0.210. The van der Waals surface area contributed by atoms with Gasteiger partial charge in [-0.25, -0.2) is 0 Å². The zero-order chi connectivity index (χ0) is 16.7. The number of nitrogens with one attached hydrogen (secondary N) is 1. The van der Waals surface area contributed by atoms with E-state index in [-0.39, 0.29) is 17.5 Å². The van der Waals surface area contributed by atoms with Gasteiger partial charge in [0.15, 0.2) is 0 Å². The third kappa shape index (κ3) is 5.01. The normalized spacial score (nSPS) is 15.8. The largest absolute Gasteiger partial charge is 0.386 e. The second kappa shape index (κ2) is 8.59. The van der Waals surface area contributed by atoms with E-state index in [1.807, 2.05) is 30.3 Å². The fraction of sp³-hybridized carbons (Fsp3) is 0.444. The van der Waals surface area contributed by atoms with Crippen molar-refractivity contribution in [1.29, 1.82) is 5.26 Å². The number of amides is 1. The minimum absolute atomic E-state index is 0.139. The van der Waals surface area contributed by atoms with Crippen molar-refractivity contribution in [3.8, 4) is 6.07 Å². The number of benzene rings is 1. The van der Waals surface area contributed by atoms with Crippen LogP contribution in [0.2, 0.25) is 5.02 Å². The third-order valence-corrected chi connectivity index (χ3v) is 4.47. The second-order valence-electron chi connectivity index (χ2n) is 5.89. The van der Waals surface area contributed by atoms with Crippen LogP contribution >= 0.6 is 11.6 Å². The summed E-state index contributed by atoms with van der Waals surface area (Å²) in [6, 6.07) is 9.72. The van der Waals surface area contributed by atoms with Gasteiger partial charge in [0.1, 0.15) is 11.6 Å². The molecule has 1 saturated carbocycles. The summed E-state index contributed by atoms with van der Waals surface area (Å²) < 4.78 is 0. The molecule has 0 radical (unpaired) electrons. The Balaban J connectivity index is 1.94. The molecule has 0 saturated heterocycles. The first kappa shape index (κ1) is 17.4. The van der Waals surface area contributed by atoms with Gasteiger partial charge in [0.2, 0.25) is 0 Å². The van der Waals surface area contributed by atoms with Gasteiger partial charge in [0.25, 0.3) is 5.91 Å². The van der Waals surface area contributed by atoms with Crippen LogP contribution in [0.25, 0.3) is 0 Å². The highest BCUT2D eigenvalue weighted by molar-refractivity contribution is 6.30. The van der Waals surface area contributed by atoms with Crippen LogP contribution < -0.4 is 5.32 Å². The zero-order valence-corrected chi connectivity index (χ0v) is 14.1. The van der Waals surface area contributed by atoms with E-state index < -0.39 is 0 Å². The van der Waals surface area contributed by atoms with Gasteiger partial charge >= 0.3 is 0 Å². The maximum atomic E-state index is 12.4. The highest BCUT2D eigenvalue weighted by atomic mass is 35.5. The number of nitrogens with zero attached hydrogens (tertiary/aromatic N) is 2. The van der Waals surface area contributed by atoms with Crippen LogP contribution in [0.5, 0.6) is 0 Å². The van der Waals surface area contributed by atoms with Crippen molar-refractivity contribution in [2.75, 3.05) is 7.05 Å². The fourth-order valence-electron chi connectivity index (χ4n) is 2.88. The molecule has 0 aliphatic heterocycles. The van der Waals surface area contributed by atoms with Gasteiger partial charge in [0.05, 0.1) is 0 Å². The summed E-state index contributed by atoms with van der Waals surface area (Å²) in [5, 5.41) is 13.0. The van der Waals surface area contributed by atoms with Gasteiger partial charge in [-0.05, 0) is 30.5 Å². The Bertz CT molecular complexity index is 615. The number of likely N-dealkylation sites (N-methyl/N-ethyl adjacent to an activating group) is 1. The monoisotopic (exact) mass is 331 g/mol. The molecular weight excluding hydrogens is 310 g/mol. The fourth-order valence-corrected chi connectivity index (χ4v) is 3.10. The van der Waals surface area contributed by atoms with Crippen molar-refractivity contribution in [2.45, 2.75) is 44.7 Å². The lowest BCUT2D eigenvalue weighted by atomic mass is 9.94. The smallest absolute Gasteiger partial charge is 0.265 e. The molecule has 4 nitrogen and oxygen atoms in total. The predicted octanol–water partition coefficient (Wildman–Crippen LogP) is 3.63. The molecule has 0 aromatic heterocycles. The maximum Gasteiger partial charge on any atom is 0.265 e. The molecule has 1 aliphatic carbocycles. The molecule has 0 spiro atoms. The maximum absolute atomic E-state index is 12.4. The Hall–Kier alpha value is -1.99. The number of halogens is 1. The first-order valence-electron chi connectivity index (χ1n) is 7.97. The van der Waals surface area contributed by atoms with Crippen molar-refractivity contribution in [3.05, 3.63) is 46.6 Å². The molecule has 23 heavy (non-hydrogen) atoms. The van der Waals surface area contributed by atoms with Crippen LogP contribution in [0, 0.1) is 11.3 Å². The molecule has 1 aromatic carbocycles. The van der Waals surface area contributed by atoms with E-state index in [2.05, 4.69) is 5.32 Å². The number of carbonyl (C=O) groups is 1. The van der Waals surface area contributed by atoms with Gasteiger partial charge in [-0.3, -0.25) is 4.79 Å². The van der Waals surface area contributed by atoms with Gasteiger partial charge in [-0.1, -0.05) is 43.0 Å². The molecule has 1 N–H and O–H groups in total. The van der Waals surface area contributed by atoms with Crippen LogP contribution in [0.1, 0.15) is 37.7 Å². The summed E-state index contributed by atoms with van der Waals surface area (Å²) in [4.78, 5) is 14.2. The number of nitriles is 1. The summed E-state index contributed by atoms with van der Waals surface area (Å²) in [5.74, 6) is -0.210. The molecule has 0 atom stereocenters. The first-order chi connectivity index (χ1) is 11.1. The van der Waals surface area contributed by atoms with E-state index in [9.17, 15) is 10.1 Å². The minimum Gasteiger partial charge on any atom is -0.386 e. The second-order valence-corrected chi connectivity index (χ2v) is 6.32. The van der Waals surface area contributed by atoms with Crippen molar-refractivity contribution in [1.82, 2.24) is 10.2 Å². The number of hydrogen-bond acceptors (Lipinski definition) is 3. The average Bonchev–Trinajstić information content (AvgIpc) is 2.58. The quantitative estimate of drug-likeness (QED) is 0.662. The SMILES string of the molecule is CN(C(=O)/C(C#N)=C\NCc1cccc(Cl)c1)C1CCCCC1. The lowest BCUT2D eigenvalue weighted by molar-refractivity contribution is -0.128. The molecule has 0 unspecified atom stereocenters. The van der Waals surface area contributed by atoms with Gasteiger partial charge in [-0.2, -0.15) is 5.26 Å². The van der Waals surface area contributed by atoms with Crippen molar-refractivity contribution in [2.24, 2.45) is 0 Å². The lowest BCUT2D eigenvalue weighted by Crippen LogP contribution is -2.39. The molecule has 0 bridgehead atoms. The van der Waals surface area contributed by atoms with Crippen LogP contribution in [-0.4, -0.2) is 23.9 Å². The zero-order valence-electron chi connectivity index (χ0n) is 13.4. The Morgan fingerprint density at radius 3 is 2.83 bits per heavy atom. The lowest BCUT2D eigenvalue weighted by Gasteiger charge is -2.31. The molecule has 122 valence electrons. The van der Waals surface area contributed by atoms with E-state index >= 15 is 0 Å². The number of hydrogen-bond donors (Lipinski definition) is 1. The molecule has 1 aromatic rings. The standard InChI is InChI=1S/C18H22ClN3O/c1-22(17-8-3-2-4-9-17)18(23)15(11-20)13-21-12-14-6-5-7-16(19)10-14/h5-7,10,13,17,21H,2-4,8-9,12H2,1H3/b15-13-. The summed E-state index contributed by atoms with van der Waals surface area (Å²) >= 11 is 5.94. The Morgan fingerprint density at radius 1 is 1.43 bits per heavy atom. The molecule has 5 heteroatoms. The topological polar surface area (TPSA) is 56.1 Å². The predicted molar refractivity (Wildman–Crippen MR) is 91.6 cm³/mol. The van der Waals surface area contributed by atoms with E-state index in [1.54, 1.807) is 11.9 Å². The molecule has 0 heterocycles. The molecule has 1 aliphatic rings. The number of carbonyl (C=O) groups excluding carboxylic acids is 1. The van der Waals surface area contributed by atoms with E-state index in [4.69, 9.17) is 11.6 Å². The van der Waals surface area contributed by atoms with Gasteiger partial charge < -0.3 is 10.2 Å². The van der Waals surface area contributed by atoms with Gasteiger partial charge in [0, 0.05) is 30.9 Å². The van der Waals surface area contributed by atoms with Crippen LogP contribution in [0.4, 0.5) is 0 Å². The highest BCUT2D eigenvalue weighted by Gasteiger charge is 2.24. The number of rotatable bonds is 5. The Morgan fingerprint density at radius 2 is 2.17 bits per heavy atom. The first-order valence-corrected chi connectivity index (χ1v) is 8.35. The van der Waals surface area contributed by atoms with Crippen LogP contribution in [0.3, 0.4) is 0 Å².